The molecule has 0 saturated carbocycles. The van der Waals surface area contributed by atoms with Crippen LogP contribution >= 0.6 is 23.2 Å². The predicted octanol–water partition coefficient (Wildman–Crippen LogP) is 4.17. The minimum atomic E-state index is -1.82. The van der Waals surface area contributed by atoms with Crippen LogP contribution < -0.4 is 10.1 Å². The van der Waals surface area contributed by atoms with Gasteiger partial charge in [0.15, 0.2) is 0 Å². The summed E-state index contributed by atoms with van der Waals surface area (Å²) < 4.78 is 7.18. The van der Waals surface area contributed by atoms with Gasteiger partial charge in [-0.15, -0.1) is 0 Å². The molecule has 0 unspecified atom stereocenters. The normalized spacial score (nSPS) is 10.0. The highest BCUT2D eigenvalue weighted by molar-refractivity contribution is 6.36. The zero-order chi connectivity index (χ0) is 22.3. The number of carbonyl (C=O) groups is 2. The van der Waals surface area contributed by atoms with Crippen LogP contribution in [0.4, 0.5) is 5.95 Å². The quantitative estimate of drug-likeness (QED) is 0.498. The second-order valence-corrected chi connectivity index (χ2v) is 6.73. The number of aromatic nitrogens is 2. The number of anilines is 1. The third kappa shape index (κ3) is 5.88. The van der Waals surface area contributed by atoms with Crippen LogP contribution in [0.2, 0.25) is 10.0 Å². The smallest absolute Gasteiger partial charge is 0.414 e. The van der Waals surface area contributed by atoms with Gasteiger partial charge in [0.1, 0.15) is 5.75 Å². The standard InChI is InChI=1S/C18H17Cl2N3O.C2H2O4/c1-23-17(12-6-8-13(24-2)9-7-12)11-22-18(23)21-10-14-15(19)4-3-5-16(14)20;3-1(4)2(5)6/h3-9,11H,10H2,1-2H3,(H,21,22);(H,3,4)(H,5,6). The Kier molecular flexibility index (Phi) is 8.08. The van der Waals surface area contributed by atoms with Crippen LogP contribution in [0.25, 0.3) is 11.3 Å². The number of hydrogen-bond donors (Lipinski definition) is 3. The Hall–Kier alpha value is -3.23. The molecule has 0 radical (unpaired) electrons. The predicted molar refractivity (Wildman–Crippen MR) is 114 cm³/mol. The molecule has 10 heteroatoms. The maximum absolute atomic E-state index is 9.10. The van der Waals surface area contributed by atoms with Crippen LogP contribution in [0.15, 0.2) is 48.7 Å². The summed E-state index contributed by atoms with van der Waals surface area (Å²) in [5.74, 6) is -2.07. The fourth-order valence-electron chi connectivity index (χ4n) is 2.47. The lowest BCUT2D eigenvalue weighted by molar-refractivity contribution is -0.159. The minimum Gasteiger partial charge on any atom is -0.497 e. The lowest BCUT2D eigenvalue weighted by Gasteiger charge is -2.11. The number of hydrogen-bond acceptors (Lipinski definition) is 5. The molecule has 0 aliphatic rings. The van der Waals surface area contributed by atoms with Crippen LogP contribution in [-0.2, 0) is 23.2 Å². The number of methoxy groups -OCH3 is 1. The fourth-order valence-corrected chi connectivity index (χ4v) is 3.00. The van der Waals surface area contributed by atoms with Gasteiger partial charge in [-0.1, -0.05) is 29.3 Å². The van der Waals surface area contributed by atoms with Crippen molar-refractivity contribution in [1.29, 1.82) is 0 Å². The van der Waals surface area contributed by atoms with Crippen molar-refractivity contribution in [3.05, 3.63) is 64.3 Å². The topological polar surface area (TPSA) is 114 Å². The summed E-state index contributed by atoms with van der Waals surface area (Å²) in [5.41, 5.74) is 2.93. The third-order valence-corrected chi connectivity index (χ3v) is 4.75. The van der Waals surface area contributed by atoms with Crippen molar-refractivity contribution in [2.45, 2.75) is 6.54 Å². The van der Waals surface area contributed by atoms with Crippen molar-refractivity contribution in [1.82, 2.24) is 9.55 Å². The van der Waals surface area contributed by atoms with Crippen molar-refractivity contribution >= 4 is 41.1 Å². The second-order valence-electron chi connectivity index (χ2n) is 5.92. The van der Waals surface area contributed by atoms with Crippen molar-refractivity contribution in [2.75, 3.05) is 12.4 Å². The largest absolute Gasteiger partial charge is 0.497 e. The highest BCUT2D eigenvalue weighted by Crippen LogP contribution is 2.27. The van der Waals surface area contributed by atoms with E-state index in [1.165, 1.54) is 0 Å². The summed E-state index contributed by atoms with van der Waals surface area (Å²) in [4.78, 5) is 22.6. The van der Waals surface area contributed by atoms with E-state index in [2.05, 4.69) is 10.3 Å². The van der Waals surface area contributed by atoms with Crippen LogP contribution in [0, 0.1) is 0 Å². The number of benzene rings is 2. The van der Waals surface area contributed by atoms with E-state index in [0.717, 1.165) is 28.5 Å². The van der Waals surface area contributed by atoms with Gasteiger partial charge in [0, 0.05) is 34.8 Å². The van der Waals surface area contributed by atoms with E-state index in [-0.39, 0.29) is 0 Å². The number of rotatable bonds is 5. The summed E-state index contributed by atoms with van der Waals surface area (Å²) in [7, 11) is 3.62. The highest BCUT2D eigenvalue weighted by atomic mass is 35.5. The zero-order valence-electron chi connectivity index (χ0n) is 16.1. The van der Waals surface area contributed by atoms with Gasteiger partial charge in [0.25, 0.3) is 0 Å². The van der Waals surface area contributed by atoms with Gasteiger partial charge in [-0.25, -0.2) is 14.6 Å². The van der Waals surface area contributed by atoms with Gasteiger partial charge in [-0.2, -0.15) is 0 Å². The van der Waals surface area contributed by atoms with E-state index in [1.807, 2.05) is 60.3 Å². The summed E-state index contributed by atoms with van der Waals surface area (Å²) in [6.45, 7) is 0.505. The first kappa shape index (κ1) is 23.1. The Labute approximate surface area is 182 Å². The number of carboxylic acid groups (broad SMARTS) is 2. The van der Waals surface area contributed by atoms with Crippen molar-refractivity contribution in [3.63, 3.8) is 0 Å². The molecule has 0 atom stereocenters. The molecule has 0 amide bonds. The molecule has 1 heterocycles. The van der Waals surface area contributed by atoms with E-state index < -0.39 is 11.9 Å². The first-order valence-corrected chi connectivity index (χ1v) is 9.29. The lowest BCUT2D eigenvalue weighted by atomic mass is 10.1. The number of ether oxygens (including phenoxy) is 1. The van der Waals surface area contributed by atoms with Crippen molar-refractivity contribution in [3.8, 4) is 17.0 Å². The highest BCUT2D eigenvalue weighted by Gasteiger charge is 2.11. The number of aliphatic carboxylic acids is 2. The molecule has 2 aromatic carbocycles. The molecule has 0 bridgehead atoms. The van der Waals surface area contributed by atoms with Gasteiger partial charge < -0.3 is 24.8 Å². The molecule has 0 aliphatic carbocycles. The van der Waals surface area contributed by atoms with E-state index in [1.54, 1.807) is 7.11 Å². The van der Waals surface area contributed by atoms with Crippen LogP contribution in [0.3, 0.4) is 0 Å². The monoisotopic (exact) mass is 451 g/mol. The Morgan fingerprint density at radius 1 is 1.07 bits per heavy atom. The summed E-state index contributed by atoms with van der Waals surface area (Å²) in [5, 5.41) is 19.3. The van der Waals surface area contributed by atoms with Gasteiger partial charge in [-0.05, 0) is 36.4 Å². The molecular weight excluding hydrogens is 433 g/mol. The molecule has 3 N–H and O–H groups in total. The van der Waals surface area contributed by atoms with Crippen LogP contribution in [0.1, 0.15) is 5.56 Å². The van der Waals surface area contributed by atoms with Crippen LogP contribution in [0.5, 0.6) is 5.75 Å². The molecule has 1 aromatic heterocycles. The summed E-state index contributed by atoms with van der Waals surface area (Å²) in [6.07, 6.45) is 1.83. The average molecular weight is 452 g/mol. The van der Waals surface area contributed by atoms with E-state index in [0.29, 0.717) is 16.6 Å². The van der Waals surface area contributed by atoms with Gasteiger partial charge >= 0.3 is 11.9 Å². The molecular formula is C20H19Cl2N3O5. The van der Waals surface area contributed by atoms with Crippen LogP contribution in [-0.4, -0.2) is 38.8 Å². The first-order chi connectivity index (χ1) is 14.2. The number of imidazole rings is 1. The van der Waals surface area contributed by atoms with E-state index in [4.69, 9.17) is 47.7 Å². The first-order valence-electron chi connectivity index (χ1n) is 8.53. The maximum atomic E-state index is 9.10. The van der Waals surface area contributed by atoms with Gasteiger partial charge in [-0.3, -0.25) is 0 Å². The molecule has 8 nitrogen and oxygen atoms in total. The molecule has 0 aliphatic heterocycles. The Morgan fingerprint density at radius 3 is 2.13 bits per heavy atom. The Balaban J connectivity index is 0.000000469. The number of nitrogens with one attached hydrogen (secondary N) is 1. The van der Waals surface area contributed by atoms with E-state index >= 15 is 0 Å². The maximum Gasteiger partial charge on any atom is 0.414 e. The zero-order valence-corrected chi connectivity index (χ0v) is 17.6. The van der Waals surface area contributed by atoms with Crippen molar-refractivity contribution < 1.29 is 24.5 Å². The van der Waals surface area contributed by atoms with Gasteiger partial charge in [0.2, 0.25) is 5.95 Å². The second kappa shape index (κ2) is 10.5. The molecule has 3 rings (SSSR count). The number of halogens is 2. The summed E-state index contributed by atoms with van der Waals surface area (Å²) in [6, 6.07) is 13.3. The fraction of sp³-hybridized carbons (Fsp3) is 0.150. The SMILES string of the molecule is COc1ccc(-c2cnc(NCc3c(Cl)cccc3Cl)n2C)cc1.O=C(O)C(=O)O. The number of carboxylic acids is 2. The van der Waals surface area contributed by atoms with Gasteiger partial charge in [0.05, 0.1) is 19.0 Å². The minimum absolute atomic E-state index is 0.505. The Bertz CT molecular complexity index is 1000. The summed E-state index contributed by atoms with van der Waals surface area (Å²) >= 11 is 12.4. The van der Waals surface area contributed by atoms with E-state index in [9.17, 15) is 0 Å². The molecule has 0 spiro atoms. The Morgan fingerprint density at radius 2 is 1.63 bits per heavy atom. The number of nitrogens with zero attached hydrogens (tertiary/aromatic N) is 2. The molecule has 158 valence electrons. The lowest BCUT2D eigenvalue weighted by Crippen LogP contribution is -2.09. The van der Waals surface area contributed by atoms with Crippen molar-refractivity contribution in [2.24, 2.45) is 7.05 Å². The molecule has 30 heavy (non-hydrogen) atoms. The third-order valence-electron chi connectivity index (χ3n) is 4.04. The molecule has 3 aromatic rings. The molecule has 0 fully saturated rings. The molecule has 0 saturated heterocycles. The average Bonchev–Trinajstić information content (AvgIpc) is 3.08.